The number of hydrogen-bond donors (Lipinski definition) is 1. The Bertz CT molecular complexity index is 784. The Morgan fingerprint density at radius 1 is 1.20 bits per heavy atom. The average molecular weight is 338 g/mol. The second-order valence-electron chi connectivity index (χ2n) is 6.06. The number of nitrogens with one attached hydrogen (secondary N) is 1. The van der Waals surface area contributed by atoms with Crippen LogP contribution >= 0.6 is 0 Å². The Morgan fingerprint density at radius 2 is 1.96 bits per heavy atom. The van der Waals surface area contributed by atoms with Crippen LogP contribution in [0.3, 0.4) is 0 Å². The number of ether oxygens (including phenoxy) is 1. The standard InChI is InChI=1S/C20H22N2O3/c1-3-14-7-9-16(10-8-14)21-19(23)17-6-4-5-15-13-22(11-12-25-2)20(24)18(15)17/h4-10H,3,11-13H2,1-2H3,(H,21,23). The van der Waals surface area contributed by atoms with Crippen LogP contribution in [0.15, 0.2) is 42.5 Å². The largest absolute Gasteiger partial charge is 0.383 e. The van der Waals surface area contributed by atoms with E-state index in [0.717, 1.165) is 17.7 Å². The van der Waals surface area contributed by atoms with Crippen molar-refractivity contribution in [2.24, 2.45) is 0 Å². The van der Waals surface area contributed by atoms with Crippen molar-refractivity contribution in [3.8, 4) is 0 Å². The molecular formula is C20H22N2O3. The molecule has 1 aliphatic heterocycles. The van der Waals surface area contributed by atoms with E-state index >= 15 is 0 Å². The van der Waals surface area contributed by atoms with E-state index in [1.54, 1.807) is 18.1 Å². The van der Waals surface area contributed by atoms with Crippen molar-refractivity contribution >= 4 is 17.5 Å². The van der Waals surface area contributed by atoms with E-state index in [2.05, 4.69) is 12.2 Å². The van der Waals surface area contributed by atoms with E-state index in [1.165, 1.54) is 5.56 Å². The number of methoxy groups -OCH3 is 1. The number of amides is 2. The zero-order valence-electron chi connectivity index (χ0n) is 14.5. The fourth-order valence-electron chi connectivity index (χ4n) is 3.01. The first-order valence-corrected chi connectivity index (χ1v) is 8.44. The number of carbonyl (C=O) groups excluding carboxylic acids is 2. The maximum atomic E-state index is 12.7. The van der Waals surface area contributed by atoms with Crippen LogP contribution in [-0.2, 0) is 17.7 Å². The van der Waals surface area contributed by atoms with Crippen molar-refractivity contribution in [2.75, 3.05) is 25.6 Å². The number of nitrogens with zero attached hydrogens (tertiary/aromatic N) is 1. The van der Waals surface area contributed by atoms with Gasteiger partial charge >= 0.3 is 0 Å². The molecule has 2 aromatic rings. The first-order chi connectivity index (χ1) is 12.1. The van der Waals surface area contributed by atoms with E-state index < -0.39 is 0 Å². The quantitative estimate of drug-likeness (QED) is 0.880. The van der Waals surface area contributed by atoms with E-state index in [0.29, 0.717) is 30.8 Å². The predicted molar refractivity (Wildman–Crippen MR) is 96.8 cm³/mol. The van der Waals surface area contributed by atoms with Crippen molar-refractivity contribution in [1.29, 1.82) is 0 Å². The highest BCUT2D eigenvalue weighted by molar-refractivity contribution is 6.13. The molecule has 2 aromatic carbocycles. The lowest BCUT2D eigenvalue weighted by Gasteiger charge is -2.14. The molecule has 0 unspecified atom stereocenters. The van der Waals surface area contributed by atoms with E-state index in [4.69, 9.17) is 4.74 Å². The van der Waals surface area contributed by atoms with Gasteiger partial charge in [-0.05, 0) is 35.7 Å². The third kappa shape index (κ3) is 3.56. The van der Waals surface area contributed by atoms with Crippen LogP contribution in [0, 0.1) is 0 Å². The highest BCUT2D eigenvalue weighted by Crippen LogP contribution is 2.26. The molecule has 1 aliphatic rings. The van der Waals surface area contributed by atoms with Gasteiger partial charge in [0.05, 0.1) is 17.7 Å². The van der Waals surface area contributed by atoms with Crippen molar-refractivity contribution in [1.82, 2.24) is 4.90 Å². The molecule has 0 bridgehead atoms. The van der Waals surface area contributed by atoms with E-state index in [9.17, 15) is 9.59 Å². The molecule has 1 N–H and O–H groups in total. The molecule has 3 rings (SSSR count). The minimum atomic E-state index is -0.261. The lowest BCUT2D eigenvalue weighted by Crippen LogP contribution is -2.28. The van der Waals surface area contributed by atoms with Crippen molar-refractivity contribution in [3.05, 3.63) is 64.7 Å². The van der Waals surface area contributed by atoms with Gasteiger partial charge in [0.15, 0.2) is 0 Å². The van der Waals surface area contributed by atoms with E-state index in [-0.39, 0.29) is 11.8 Å². The Kier molecular flexibility index (Phi) is 5.14. The lowest BCUT2D eigenvalue weighted by molar-refractivity contribution is 0.0716. The van der Waals surface area contributed by atoms with Crippen LogP contribution in [0.2, 0.25) is 0 Å². The van der Waals surface area contributed by atoms with Gasteiger partial charge in [0.25, 0.3) is 11.8 Å². The summed E-state index contributed by atoms with van der Waals surface area (Å²) in [5.74, 6) is -0.373. The lowest BCUT2D eigenvalue weighted by atomic mass is 10.0. The fraction of sp³-hybridized carbons (Fsp3) is 0.300. The Labute approximate surface area is 147 Å². The summed E-state index contributed by atoms with van der Waals surface area (Å²) < 4.78 is 5.05. The van der Waals surface area contributed by atoms with Crippen molar-refractivity contribution in [3.63, 3.8) is 0 Å². The number of benzene rings is 2. The maximum Gasteiger partial charge on any atom is 0.256 e. The molecule has 0 fully saturated rings. The third-order valence-corrected chi connectivity index (χ3v) is 4.44. The predicted octanol–water partition coefficient (Wildman–Crippen LogP) is 3.10. The number of carbonyl (C=O) groups is 2. The molecule has 0 aliphatic carbocycles. The molecule has 5 heteroatoms. The van der Waals surface area contributed by atoms with Gasteiger partial charge in [-0.1, -0.05) is 31.2 Å². The molecule has 0 atom stereocenters. The molecule has 2 amide bonds. The smallest absolute Gasteiger partial charge is 0.256 e. The topological polar surface area (TPSA) is 58.6 Å². The second-order valence-corrected chi connectivity index (χ2v) is 6.06. The molecule has 5 nitrogen and oxygen atoms in total. The molecule has 1 heterocycles. The second kappa shape index (κ2) is 7.49. The summed E-state index contributed by atoms with van der Waals surface area (Å²) in [6, 6.07) is 13.2. The van der Waals surface area contributed by atoms with Crippen LogP contribution in [-0.4, -0.2) is 37.0 Å². The van der Waals surface area contributed by atoms with E-state index in [1.807, 2.05) is 36.4 Å². The summed E-state index contributed by atoms with van der Waals surface area (Å²) in [5.41, 5.74) is 3.74. The molecular weight excluding hydrogens is 316 g/mol. The van der Waals surface area contributed by atoms with Gasteiger partial charge in [-0.3, -0.25) is 9.59 Å². The highest BCUT2D eigenvalue weighted by atomic mass is 16.5. The van der Waals surface area contributed by atoms with Gasteiger partial charge in [-0.25, -0.2) is 0 Å². The van der Waals surface area contributed by atoms with Crippen molar-refractivity contribution < 1.29 is 14.3 Å². The minimum absolute atomic E-state index is 0.112. The van der Waals surface area contributed by atoms with Crippen LogP contribution in [0.4, 0.5) is 5.69 Å². The normalized spacial score (nSPS) is 13.0. The number of fused-ring (bicyclic) bond motifs is 1. The van der Waals surface area contributed by atoms with Gasteiger partial charge in [-0.2, -0.15) is 0 Å². The fourth-order valence-corrected chi connectivity index (χ4v) is 3.01. The Hall–Kier alpha value is -2.66. The molecule has 25 heavy (non-hydrogen) atoms. The molecule has 0 spiro atoms. The number of hydrogen-bond acceptors (Lipinski definition) is 3. The van der Waals surface area contributed by atoms with Crippen LogP contribution < -0.4 is 5.32 Å². The maximum absolute atomic E-state index is 12.7. The Balaban J connectivity index is 1.81. The molecule has 0 aromatic heterocycles. The number of anilines is 1. The minimum Gasteiger partial charge on any atom is -0.383 e. The first kappa shape index (κ1) is 17.2. The van der Waals surface area contributed by atoms with Crippen LogP contribution in [0.5, 0.6) is 0 Å². The van der Waals surface area contributed by atoms with Gasteiger partial charge in [0.1, 0.15) is 0 Å². The van der Waals surface area contributed by atoms with Gasteiger partial charge in [-0.15, -0.1) is 0 Å². The Morgan fingerprint density at radius 3 is 2.64 bits per heavy atom. The molecule has 0 saturated heterocycles. The average Bonchev–Trinajstić information content (AvgIpc) is 2.96. The number of rotatable bonds is 6. The third-order valence-electron chi connectivity index (χ3n) is 4.44. The summed E-state index contributed by atoms with van der Waals surface area (Å²) in [7, 11) is 1.61. The van der Waals surface area contributed by atoms with Gasteiger partial charge in [0, 0.05) is 25.9 Å². The first-order valence-electron chi connectivity index (χ1n) is 8.44. The summed E-state index contributed by atoms with van der Waals surface area (Å²) in [6.45, 7) is 3.60. The molecule has 0 saturated carbocycles. The summed E-state index contributed by atoms with van der Waals surface area (Å²) in [4.78, 5) is 27.1. The SMILES string of the molecule is CCc1ccc(NC(=O)c2cccc3c2C(=O)N(CCOC)C3)cc1. The monoisotopic (exact) mass is 338 g/mol. The van der Waals surface area contributed by atoms with Crippen LogP contribution in [0.1, 0.15) is 38.8 Å². The zero-order chi connectivity index (χ0) is 17.8. The summed E-state index contributed by atoms with van der Waals surface area (Å²) in [5, 5.41) is 2.88. The zero-order valence-corrected chi connectivity index (χ0v) is 14.5. The van der Waals surface area contributed by atoms with Crippen molar-refractivity contribution in [2.45, 2.75) is 19.9 Å². The molecule has 0 radical (unpaired) electrons. The molecule has 130 valence electrons. The number of aryl methyl sites for hydroxylation is 1. The van der Waals surface area contributed by atoms with Crippen LogP contribution in [0.25, 0.3) is 0 Å². The summed E-state index contributed by atoms with van der Waals surface area (Å²) >= 11 is 0. The van der Waals surface area contributed by atoms with Gasteiger partial charge in [0.2, 0.25) is 0 Å². The highest BCUT2D eigenvalue weighted by Gasteiger charge is 2.31. The summed E-state index contributed by atoms with van der Waals surface area (Å²) in [6.07, 6.45) is 0.951. The van der Waals surface area contributed by atoms with Gasteiger partial charge < -0.3 is 15.0 Å².